The van der Waals surface area contributed by atoms with Crippen LogP contribution in [0, 0.1) is 10.8 Å². The molecule has 2 bridgehead atoms. The fraction of sp³-hybridized carbons (Fsp3) is 0.400. The molecule has 1 aliphatic heterocycles. The third kappa shape index (κ3) is 3.31. The standard InChI is InChI=1S/C25H27N3O/c1-24(2)12-19-13-25(3,15-24)16-28(19)23(29)22-10-6-9-21(27-22)18-11-17-7-4-5-8-20(17)26-14-18/h4-11,14,19H,12-13,15-16H2,1-3H3/t19-,25-/m1/s1. The SMILES string of the molecule is CC1(C)C[C@@H]2C[C@@](C)(CN2C(=O)c2cccc(-c3cnc4ccccc4c3)n2)C1. The lowest BCUT2D eigenvalue weighted by molar-refractivity contribution is 0.0702. The molecule has 1 amide bonds. The molecule has 2 aromatic heterocycles. The van der Waals surface area contributed by atoms with Crippen molar-refractivity contribution in [1.29, 1.82) is 0 Å². The predicted molar refractivity (Wildman–Crippen MR) is 116 cm³/mol. The summed E-state index contributed by atoms with van der Waals surface area (Å²) in [4.78, 5) is 24.7. The highest BCUT2D eigenvalue weighted by Gasteiger charge is 2.51. The van der Waals surface area contributed by atoms with E-state index in [9.17, 15) is 4.79 Å². The second-order valence-corrected chi connectivity index (χ2v) is 9.97. The van der Waals surface area contributed by atoms with E-state index >= 15 is 0 Å². The molecular formula is C25H27N3O. The van der Waals surface area contributed by atoms with E-state index in [0.29, 0.717) is 17.2 Å². The van der Waals surface area contributed by atoms with Crippen molar-refractivity contribution in [3.63, 3.8) is 0 Å². The molecule has 4 heteroatoms. The molecule has 0 N–H and O–H groups in total. The minimum Gasteiger partial charge on any atom is -0.334 e. The molecule has 1 saturated heterocycles. The van der Waals surface area contributed by atoms with Gasteiger partial charge in [-0.3, -0.25) is 9.78 Å². The zero-order valence-electron chi connectivity index (χ0n) is 17.4. The Morgan fingerprint density at radius 1 is 1.07 bits per heavy atom. The number of aromatic nitrogens is 2. The van der Waals surface area contributed by atoms with Crippen molar-refractivity contribution in [1.82, 2.24) is 14.9 Å². The maximum Gasteiger partial charge on any atom is 0.272 e. The topological polar surface area (TPSA) is 46.1 Å². The van der Waals surface area contributed by atoms with Crippen LogP contribution in [0.3, 0.4) is 0 Å². The molecule has 5 rings (SSSR count). The fourth-order valence-electron chi connectivity index (χ4n) is 5.77. The van der Waals surface area contributed by atoms with E-state index in [1.807, 2.05) is 48.7 Å². The third-order valence-electron chi connectivity index (χ3n) is 6.53. The minimum atomic E-state index is 0.0621. The van der Waals surface area contributed by atoms with E-state index in [0.717, 1.165) is 41.5 Å². The highest BCUT2D eigenvalue weighted by atomic mass is 16.2. The van der Waals surface area contributed by atoms with Crippen LogP contribution in [-0.4, -0.2) is 33.4 Å². The number of benzene rings is 1. The zero-order valence-corrected chi connectivity index (χ0v) is 17.4. The smallest absolute Gasteiger partial charge is 0.272 e. The quantitative estimate of drug-likeness (QED) is 0.598. The first-order chi connectivity index (χ1) is 13.8. The molecule has 1 aliphatic carbocycles. The number of likely N-dealkylation sites (tertiary alicyclic amines) is 1. The van der Waals surface area contributed by atoms with Crippen molar-refractivity contribution in [3.05, 3.63) is 60.4 Å². The maximum atomic E-state index is 13.4. The molecule has 4 nitrogen and oxygen atoms in total. The molecule has 2 fully saturated rings. The molecule has 148 valence electrons. The van der Waals surface area contributed by atoms with E-state index in [2.05, 4.69) is 36.7 Å². The molecule has 0 unspecified atom stereocenters. The molecule has 1 saturated carbocycles. The van der Waals surface area contributed by atoms with Gasteiger partial charge in [-0.2, -0.15) is 0 Å². The van der Waals surface area contributed by atoms with E-state index in [-0.39, 0.29) is 11.3 Å². The van der Waals surface area contributed by atoms with Crippen molar-refractivity contribution in [2.24, 2.45) is 10.8 Å². The van der Waals surface area contributed by atoms with Gasteiger partial charge in [0.05, 0.1) is 11.2 Å². The van der Waals surface area contributed by atoms with Gasteiger partial charge in [-0.1, -0.05) is 45.0 Å². The van der Waals surface area contributed by atoms with E-state index < -0.39 is 0 Å². The highest BCUT2D eigenvalue weighted by Crippen LogP contribution is 2.52. The molecule has 0 radical (unpaired) electrons. The summed E-state index contributed by atoms with van der Waals surface area (Å²) in [5.41, 5.74) is 3.74. The van der Waals surface area contributed by atoms with Gasteiger partial charge >= 0.3 is 0 Å². The Morgan fingerprint density at radius 3 is 2.76 bits per heavy atom. The first kappa shape index (κ1) is 18.3. The number of rotatable bonds is 2. The maximum absolute atomic E-state index is 13.4. The van der Waals surface area contributed by atoms with Gasteiger partial charge in [0.1, 0.15) is 5.69 Å². The number of fused-ring (bicyclic) bond motifs is 3. The minimum absolute atomic E-state index is 0.0621. The number of amides is 1. The van der Waals surface area contributed by atoms with Crippen LogP contribution >= 0.6 is 0 Å². The summed E-state index contributed by atoms with van der Waals surface area (Å²) in [6, 6.07) is 16.2. The van der Waals surface area contributed by atoms with Crippen molar-refractivity contribution in [3.8, 4) is 11.3 Å². The highest BCUT2D eigenvalue weighted by molar-refractivity contribution is 5.93. The lowest BCUT2D eigenvalue weighted by Crippen LogP contribution is -2.38. The fourth-order valence-corrected chi connectivity index (χ4v) is 5.77. The molecule has 0 spiro atoms. The number of para-hydroxylation sites is 1. The summed E-state index contributed by atoms with van der Waals surface area (Å²) >= 11 is 0. The van der Waals surface area contributed by atoms with Gasteiger partial charge in [0, 0.05) is 29.7 Å². The normalized spacial score (nSPS) is 25.3. The number of hydrogen-bond donors (Lipinski definition) is 0. The van der Waals surface area contributed by atoms with Crippen molar-refractivity contribution < 1.29 is 4.79 Å². The second kappa shape index (κ2) is 6.38. The largest absolute Gasteiger partial charge is 0.334 e. The summed E-state index contributed by atoms with van der Waals surface area (Å²) < 4.78 is 0. The number of carbonyl (C=O) groups excluding carboxylic acids is 1. The van der Waals surface area contributed by atoms with Gasteiger partial charge in [-0.05, 0) is 54.4 Å². The Labute approximate surface area is 172 Å². The lowest BCUT2D eigenvalue weighted by Gasteiger charge is -2.39. The van der Waals surface area contributed by atoms with Crippen LogP contribution in [0.1, 0.15) is 50.5 Å². The van der Waals surface area contributed by atoms with E-state index in [1.165, 1.54) is 6.42 Å². The number of pyridine rings is 2. The Kier molecular flexibility index (Phi) is 4.02. The lowest BCUT2D eigenvalue weighted by atomic mass is 9.65. The molecule has 3 aromatic rings. The molecule has 3 heterocycles. The van der Waals surface area contributed by atoms with Crippen LogP contribution in [0.5, 0.6) is 0 Å². The van der Waals surface area contributed by atoms with Gasteiger partial charge in [-0.15, -0.1) is 0 Å². The monoisotopic (exact) mass is 385 g/mol. The van der Waals surface area contributed by atoms with Crippen LogP contribution in [0.2, 0.25) is 0 Å². The molecular weight excluding hydrogens is 358 g/mol. The Morgan fingerprint density at radius 2 is 1.90 bits per heavy atom. The zero-order chi connectivity index (χ0) is 20.2. The Balaban J connectivity index is 1.46. The van der Waals surface area contributed by atoms with Gasteiger partial charge < -0.3 is 4.90 Å². The second-order valence-electron chi connectivity index (χ2n) is 9.97. The summed E-state index contributed by atoms with van der Waals surface area (Å²) in [7, 11) is 0. The summed E-state index contributed by atoms with van der Waals surface area (Å²) in [5.74, 6) is 0.0621. The van der Waals surface area contributed by atoms with Crippen LogP contribution in [0.15, 0.2) is 54.7 Å². The first-order valence-electron chi connectivity index (χ1n) is 10.5. The van der Waals surface area contributed by atoms with Crippen molar-refractivity contribution in [2.45, 2.75) is 46.1 Å². The summed E-state index contributed by atoms with van der Waals surface area (Å²) in [5, 5.41) is 1.08. The molecule has 2 atom stereocenters. The number of hydrogen-bond acceptors (Lipinski definition) is 3. The van der Waals surface area contributed by atoms with Crippen LogP contribution in [0.25, 0.3) is 22.2 Å². The van der Waals surface area contributed by atoms with Gasteiger partial charge in [0.25, 0.3) is 5.91 Å². The van der Waals surface area contributed by atoms with Crippen LogP contribution in [-0.2, 0) is 0 Å². The average molecular weight is 386 g/mol. The third-order valence-corrected chi connectivity index (χ3v) is 6.53. The molecule has 1 aromatic carbocycles. The van der Waals surface area contributed by atoms with Gasteiger partial charge in [-0.25, -0.2) is 4.98 Å². The molecule has 2 aliphatic rings. The Bertz CT molecular complexity index is 1110. The summed E-state index contributed by atoms with van der Waals surface area (Å²) in [6.07, 6.45) is 5.20. The van der Waals surface area contributed by atoms with Crippen LogP contribution < -0.4 is 0 Å². The van der Waals surface area contributed by atoms with Crippen molar-refractivity contribution >= 4 is 16.8 Å². The molecule has 29 heavy (non-hydrogen) atoms. The van der Waals surface area contributed by atoms with Crippen LogP contribution in [0.4, 0.5) is 0 Å². The van der Waals surface area contributed by atoms with Gasteiger partial charge in [0.2, 0.25) is 0 Å². The Hall–Kier alpha value is -2.75. The summed E-state index contributed by atoms with van der Waals surface area (Å²) in [6.45, 7) is 7.83. The average Bonchev–Trinajstić information content (AvgIpc) is 2.95. The predicted octanol–water partition coefficient (Wildman–Crippen LogP) is 5.34. The van der Waals surface area contributed by atoms with E-state index in [1.54, 1.807) is 0 Å². The van der Waals surface area contributed by atoms with E-state index in [4.69, 9.17) is 4.98 Å². The first-order valence-corrected chi connectivity index (χ1v) is 10.5. The van der Waals surface area contributed by atoms with Gasteiger partial charge in [0.15, 0.2) is 0 Å². The van der Waals surface area contributed by atoms with Crippen molar-refractivity contribution in [2.75, 3.05) is 6.54 Å². The number of carbonyl (C=O) groups is 1. The number of nitrogens with zero attached hydrogens (tertiary/aromatic N) is 3.